The monoisotopic (exact) mass is 345 g/mol. The molecule has 1 amide bonds. The summed E-state index contributed by atoms with van der Waals surface area (Å²) in [7, 11) is 0. The minimum atomic E-state index is -0.414. The molecule has 0 spiro atoms. The lowest BCUT2D eigenvalue weighted by molar-refractivity contribution is -0.142. The third kappa shape index (κ3) is 3.60. The van der Waals surface area contributed by atoms with Gasteiger partial charge in [0.2, 0.25) is 0 Å². The Morgan fingerprint density at radius 2 is 2.17 bits per heavy atom. The normalized spacial score (nSPS) is 10.8. The zero-order valence-electron chi connectivity index (χ0n) is 13.2. The number of nitrogens with zero attached hydrogens (tertiary/aromatic N) is 2. The highest BCUT2D eigenvalue weighted by atomic mass is 32.1. The van der Waals surface area contributed by atoms with Crippen molar-refractivity contribution in [2.45, 2.75) is 20.3 Å². The summed E-state index contributed by atoms with van der Waals surface area (Å²) in [4.78, 5) is 32.2. The molecular weight excluding hydrogens is 330 g/mol. The lowest BCUT2D eigenvalue weighted by atomic mass is 10.3. The van der Waals surface area contributed by atoms with E-state index in [4.69, 9.17) is 9.15 Å². The van der Waals surface area contributed by atoms with Crippen molar-refractivity contribution >= 4 is 39.4 Å². The number of carbonyl (C=O) groups is 2. The molecule has 3 aromatic heterocycles. The first-order valence-electron chi connectivity index (χ1n) is 7.33. The Bertz CT molecular complexity index is 900. The zero-order valence-corrected chi connectivity index (χ0v) is 14.0. The number of anilines is 1. The molecule has 0 aliphatic rings. The Labute approximate surface area is 141 Å². The number of hydrogen-bond donors (Lipinski definition) is 1. The minimum absolute atomic E-state index is 0.0774. The van der Waals surface area contributed by atoms with Crippen LogP contribution < -0.4 is 5.32 Å². The summed E-state index contributed by atoms with van der Waals surface area (Å²) in [5.41, 5.74) is 2.57. The van der Waals surface area contributed by atoms with Gasteiger partial charge in [0.1, 0.15) is 5.52 Å². The number of thiazole rings is 1. The summed E-state index contributed by atoms with van der Waals surface area (Å²) >= 11 is 1.23. The van der Waals surface area contributed by atoms with Gasteiger partial charge in [-0.3, -0.25) is 14.9 Å². The number of ether oxygens (including phenoxy) is 1. The summed E-state index contributed by atoms with van der Waals surface area (Å²) < 4.78 is 10.4. The van der Waals surface area contributed by atoms with E-state index in [1.165, 1.54) is 11.3 Å². The number of fused-ring (bicyclic) bond motifs is 1. The van der Waals surface area contributed by atoms with Gasteiger partial charge in [0, 0.05) is 17.1 Å². The van der Waals surface area contributed by atoms with Crippen LogP contribution in [0, 0.1) is 6.92 Å². The van der Waals surface area contributed by atoms with E-state index in [1.54, 1.807) is 24.4 Å². The first kappa shape index (κ1) is 16.1. The van der Waals surface area contributed by atoms with Gasteiger partial charge in [-0.05, 0) is 26.0 Å². The summed E-state index contributed by atoms with van der Waals surface area (Å²) in [6.07, 6.45) is 0.0774. The highest BCUT2D eigenvalue weighted by Crippen LogP contribution is 2.21. The van der Waals surface area contributed by atoms with Gasteiger partial charge in [-0.2, -0.15) is 0 Å². The van der Waals surface area contributed by atoms with Crippen LogP contribution in [0.2, 0.25) is 0 Å². The van der Waals surface area contributed by atoms with Crippen LogP contribution in [0.25, 0.3) is 11.1 Å². The number of amides is 1. The highest BCUT2D eigenvalue weighted by Gasteiger charge is 2.16. The number of rotatable bonds is 5. The van der Waals surface area contributed by atoms with Crippen LogP contribution in [0.3, 0.4) is 0 Å². The molecule has 0 aliphatic heterocycles. The van der Waals surface area contributed by atoms with Crippen molar-refractivity contribution in [1.82, 2.24) is 9.97 Å². The molecule has 1 N–H and O–H groups in total. The molecule has 3 heterocycles. The average molecular weight is 345 g/mol. The molecule has 0 fully saturated rings. The first-order chi connectivity index (χ1) is 11.5. The number of aromatic nitrogens is 2. The van der Waals surface area contributed by atoms with Gasteiger partial charge in [0.25, 0.3) is 5.91 Å². The number of hydrogen-bond acceptors (Lipinski definition) is 7. The Morgan fingerprint density at radius 1 is 1.33 bits per heavy atom. The molecule has 3 aromatic rings. The molecule has 0 atom stereocenters. The Balaban J connectivity index is 1.69. The van der Waals surface area contributed by atoms with Crippen molar-refractivity contribution in [3.8, 4) is 0 Å². The van der Waals surface area contributed by atoms with Crippen molar-refractivity contribution in [3.05, 3.63) is 40.7 Å². The van der Waals surface area contributed by atoms with E-state index < -0.39 is 5.91 Å². The summed E-state index contributed by atoms with van der Waals surface area (Å²) in [5, 5.41) is 4.75. The Morgan fingerprint density at radius 3 is 2.96 bits per heavy atom. The van der Waals surface area contributed by atoms with E-state index in [-0.39, 0.29) is 18.2 Å². The molecule has 3 rings (SSSR count). The van der Waals surface area contributed by atoms with Crippen LogP contribution in [-0.4, -0.2) is 28.5 Å². The van der Waals surface area contributed by atoms with Crippen molar-refractivity contribution in [2.75, 3.05) is 11.9 Å². The summed E-state index contributed by atoms with van der Waals surface area (Å²) in [6, 6.07) is 5.18. The molecule has 0 bridgehead atoms. The smallest absolute Gasteiger partial charge is 0.311 e. The highest BCUT2D eigenvalue weighted by molar-refractivity contribution is 7.14. The predicted octanol–water partition coefficient (Wildman–Crippen LogP) is 2.95. The van der Waals surface area contributed by atoms with Crippen molar-refractivity contribution in [2.24, 2.45) is 0 Å². The third-order valence-corrected chi connectivity index (χ3v) is 3.95. The van der Waals surface area contributed by atoms with Crippen molar-refractivity contribution in [1.29, 1.82) is 0 Å². The topological polar surface area (TPSA) is 94.3 Å². The molecule has 0 unspecified atom stereocenters. The second-order valence-electron chi connectivity index (χ2n) is 5.03. The molecule has 0 saturated heterocycles. The number of aryl methyl sites for hydroxylation is 1. The quantitative estimate of drug-likeness (QED) is 0.715. The van der Waals surface area contributed by atoms with Crippen LogP contribution >= 0.6 is 11.3 Å². The first-order valence-corrected chi connectivity index (χ1v) is 8.21. The largest absolute Gasteiger partial charge is 0.466 e. The second-order valence-corrected chi connectivity index (χ2v) is 5.88. The van der Waals surface area contributed by atoms with Crippen LogP contribution in [0.5, 0.6) is 0 Å². The third-order valence-electron chi connectivity index (χ3n) is 3.14. The molecule has 0 aromatic carbocycles. The van der Waals surface area contributed by atoms with E-state index in [0.29, 0.717) is 28.5 Å². The van der Waals surface area contributed by atoms with E-state index in [9.17, 15) is 9.59 Å². The van der Waals surface area contributed by atoms with E-state index >= 15 is 0 Å². The van der Waals surface area contributed by atoms with Crippen LogP contribution in [-0.2, 0) is 16.0 Å². The number of nitrogens with one attached hydrogen (secondary N) is 1. The number of esters is 1. The SMILES string of the molecule is CCOC(=O)Cc1csc(NC(=O)c2cc3nc(C)ccc3o2)n1. The van der Waals surface area contributed by atoms with Gasteiger partial charge in [-0.15, -0.1) is 11.3 Å². The van der Waals surface area contributed by atoms with Crippen LogP contribution in [0.4, 0.5) is 5.13 Å². The van der Waals surface area contributed by atoms with Crippen LogP contribution in [0.1, 0.15) is 28.9 Å². The van der Waals surface area contributed by atoms with Gasteiger partial charge in [0.05, 0.1) is 18.7 Å². The van der Waals surface area contributed by atoms with E-state index in [0.717, 1.165) is 5.69 Å². The second kappa shape index (κ2) is 6.79. The molecular formula is C16H15N3O4S. The zero-order chi connectivity index (χ0) is 17.1. The Kier molecular flexibility index (Phi) is 4.57. The van der Waals surface area contributed by atoms with Gasteiger partial charge in [-0.25, -0.2) is 9.97 Å². The van der Waals surface area contributed by atoms with E-state index in [2.05, 4.69) is 15.3 Å². The van der Waals surface area contributed by atoms with Gasteiger partial charge in [0.15, 0.2) is 16.5 Å². The van der Waals surface area contributed by atoms with E-state index in [1.807, 2.05) is 13.0 Å². The van der Waals surface area contributed by atoms with Crippen molar-refractivity contribution < 1.29 is 18.7 Å². The van der Waals surface area contributed by atoms with Gasteiger partial charge < -0.3 is 9.15 Å². The standard InChI is InChI=1S/C16H15N3O4S/c1-3-22-14(20)6-10-8-24-16(18-10)19-15(21)13-7-11-12(23-13)5-4-9(2)17-11/h4-5,7-8H,3,6H2,1-2H3,(H,18,19,21). The fraction of sp³-hybridized carbons (Fsp3) is 0.250. The molecule has 124 valence electrons. The molecule has 24 heavy (non-hydrogen) atoms. The molecule has 7 nitrogen and oxygen atoms in total. The van der Waals surface area contributed by atoms with Crippen molar-refractivity contribution in [3.63, 3.8) is 0 Å². The summed E-state index contributed by atoms with van der Waals surface area (Å²) in [6.45, 7) is 3.94. The van der Waals surface area contributed by atoms with Crippen LogP contribution in [0.15, 0.2) is 28.0 Å². The predicted molar refractivity (Wildman–Crippen MR) is 89.2 cm³/mol. The Hall–Kier alpha value is -2.74. The maximum Gasteiger partial charge on any atom is 0.311 e. The lowest BCUT2D eigenvalue weighted by Crippen LogP contribution is -2.11. The minimum Gasteiger partial charge on any atom is -0.466 e. The maximum atomic E-state index is 12.2. The van der Waals surface area contributed by atoms with Gasteiger partial charge >= 0.3 is 5.97 Å². The molecule has 0 aliphatic carbocycles. The molecule has 8 heteroatoms. The number of carbonyl (C=O) groups excluding carboxylic acids is 2. The fourth-order valence-electron chi connectivity index (χ4n) is 2.10. The molecule has 0 saturated carbocycles. The average Bonchev–Trinajstić information content (AvgIpc) is 3.13. The molecule has 0 radical (unpaired) electrons. The summed E-state index contributed by atoms with van der Waals surface area (Å²) in [5.74, 6) is -0.604. The fourth-order valence-corrected chi connectivity index (χ4v) is 2.81. The maximum absolute atomic E-state index is 12.2. The number of pyridine rings is 1. The lowest BCUT2D eigenvalue weighted by Gasteiger charge is -1.99. The van der Waals surface area contributed by atoms with Gasteiger partial charge in [-0.1, -0.05) is 0 Å². The number of furan rings is 1.